The van der Waals surface area contributed by atoms with E-state index in [9.17, 15) is 8.42 Å². The number of rotatable bonds is 8. The molecule has 0 amide bonds. The van der Waals surface area contributed by atoms with E-state index < -0.39 is 10.2 Å². The Bertz CT molecular complexity index is 787. The summed E-state index contributed by atoms with van der Waals surface area (Å²) in [6.07, 6.45) is 1.99. The number of nitrogens with one attached hydrogen (secondary N) is 2. The van der Waals surface area contributed by atoms with Gasteiger partial charge in [-0.25, -0.2) is 19.8 Å². The second-order valence-corrected chi connectivity index (χ2v) is 6.04. The standard InChI is InChI=1S/C13H19N5O4S.ClH/c1-21-11-6-9-10(7-12(11)22-2)16-8-17-13(9)15-4-3-5-18-23(14,19)20;/h6-8,18H,3-5H2,1-2H3,(H2,14,19,20)(H,15,16,17);1H. The maximum Gasteiger partial charge on any atom is 0.274 e. The average molecular weight is 378 g/mol. The molecule has 0 saturated heterocycles. The normalized spacial score (nSPS) is 11.0. The molecule has 2 aromatic rings. The molecule has 1 aromatic carbocycles. The van der Waals surface area contributed by atoms with Gasteiger partial charge in [0.25, 0.3) is 10.2 Å². The fourth-order valence-electron chi connectivity index (χ4n) is 2.03. The first-order valence-corrected chi connectivity index (χ1v) is 8.37. The maximum absolute atomic E-state index is 10.8. The van der Waals surface area contributed by atoms with Gasteiger partial charge in [0.2, 0.25) is 0 Å². The van der Waals surface area contributed by atoms with Gasteiger partial charge in [0.05, 0.1) is 19.7 Å². The lowest BCUT2D eigenvalue weighted by Gasteiger charge is -2.12. The molecule has 2 rings (SSSR count). The molecule has 0 aliphatic carbocycles. The van der Waals surface area contributed by atoms with Crippen LogP contribution in [0, 0.1) is 0 Å². The molecule has 0 aliphatic heterocycles. The third-order valence-corrected chi connectivity index (χ3v) is 3.70. The summed E-state index contributed by atoms with van der Waals surface area (Å²) >= 11 is 0. The van der Waals surface area contributed by atoms with Crippen LogP contribution < -0.4 is 24.7 Å². The van der Waals surface area contributed by atoms with Crippen LogP contribution in [0.4, 0.5) is 5.82 Å². The van der Waals surface area contributed by atoms with Crippen LogP contribution in [-0.4, -0.2) is 45.7 Å². The van der Waals surface area contributed by atoms with Gasteiger partial charge in [0, 0.05) is 24.5 Å². The van der Waals surface area contributed by atoms with Crippen molar-refractivity contribution < 1.29 is 17.9 Å². The van der Waals surface area contributed by atoms with Crippen LogP contribution in [-0.2, 0) is 10.2 Å². The predicted octanol–water partition coefficient (Wildman–Crippen LogP) is 0.664. The van der Waals surface area contributed by atoms with Crippen LogP contribution in [0.3, 0.4) is 0 Å². The number of fused-ring (bicyclic) bond motifs is 1. The van der Waals surface area contributed by atoms with E-state index in [1.165, 1.54) is 6.33 Å². The molecule has 0 spiro atoms. The second kappa shape index (κ2) is 8.83. The van der Waals surface area contributed by atoms with Crippen molar-refractivity contribution in [1.29, 1.82) is 0 Å². The molecule has 4 N–H and O–H groups in total. The molecule has 0 radical (unpaired) electrons. The van der Waals surface area contributed by atoms with E-state index in [4.69, 9.17) is 14.6 Å². The zero-order valence-corrected chi connectivity index (χ0v) is 14.9. The number of ether oxygens (including phenoxy) is 2. The summed E-state index contributed by atoms with van der Waals surface area (Å²) in [5.74, 6) is 1.79. The Labute approximate surface area is 146 Å². The second-order valence-electron chi connectivity index (χ2n) is 4.67. The molecule has 0 saturated carbocycles. The van der Waals surface area contributed by atoms with Gasteiger partial charge >= 0.3 is 0 Å². The van der Waals surface area contributed by atoms with Gasteiger partial charge in [-0.3, -0.25) is 0 Å². The molecule has 0 bridgehead atoms. The zero-order valence-electron chi connectivity index (χ0n) is 13.3. The van der Waals surface area contributed by atoms with Crippen molar-refractivity contribution in [3.05, 3.63) is 18.5 Å². The summed E-state index contributed by atoms with van der Waals surface area (Å²) in [4.78, 5) is 8.41. The van der Waals surface area contributed by atoms with E-state index in [0.29, 0.717) is 35.8 Å². The van der Waals surface area contributed by atoms with Gasteiger partial charge < -0.3 is 14.8 Å². The number of nitrogens with zero attached hydrogens (tertiary/aromatic N) is 2. The van der Waals surface area contributed by atoms with E-state index in [-0.39, 0.29) is 19.0 Å². The molecule has 0 unspecified atom stereocenters. The SMILES string of the molecule is COc1cc2ncnc(NCCCNS(N)(=O)=O)c2cc1OC.Cl. The maximum atomic E-state index is 10.8. The molecule has 11 heteroatoms. The molecule has 1 aromatic heterocycles. The third kappa shape index (κ3) is 5.34. The van der Waals surface area contributed by atoms with Gasteiger partial charge in [-0.1, -0.05) is 0 Å². The topological polar surface area (TPSA) is 128 Å². The number of methoxy groups -OCH3 is 2. The first-order valence-electron chi connectivity index (χ1n) is 6.82. The van der Waals surface area contributed by atoms with Crippen LogP contribution in [0.5, 0.6) is 11.5 Å². The first kappa shape index (κ1) is 20.2. The lowest BCUT2D eigenvalue weighted by Crippen LogP contribution is -2.32. The van der Waals surface area contributed by atoms with E-state index in [0.717, 1.165) is 5.39 Å². The highest BCUT2D eigenvalue weighted by molar-refractivity contribution is 7.87. The number of hydrogen-bond acceptors (Lipinski definition) is 7. The minimum Gasteiger partial charge on any atom is -0.493 e. The molecule has 134 valence electrons. The smallest absolute Gasteiger partial charge is 0.274 e. The fourth-order valence-corrected chi connectivity index (χ4v) is 2.46. The predicted molar refractivity (Wildman–Crippen MR) is 94.1 cm³/mol. The number of aromatic nitrogens is 2. The van der Waals surface area contributed by atoms with E-state index in [1.54, 1.807) is 26.4 Å². The zero-order chi connectivity index (χ0) is 16.9. The first-order chi connectivity index (χ1) is 10.9. The van der Waals surface area contributed by atoms with Crippen LogP contribution in [0.2, 0.25) is 0 Å². The Morgan fingerprint density at radius 2 is 1.79 bits per heavy atom. The Kier molecular flexibility index (Phi) is 7.42. The minimum absolute atomic E-state index is 0. The van der Waals surface area contributed by atoms with Crippen molar-refractivity contribution >= 4 is 39.3 Å². The van der Waals surface area contributed by atoms with Crippen molar-refractivity contribution in [2.45, 2.75) is 6.42 Å². The average Bonchev–Trinajstić information content (AvgIpc) is 2.52. The van der Waals surface area contributed by atoms with Crippen molar-refractivity contribution in [3.8, 4) is 11.5 Å². The monoisotopic (exact) mass is 377 g/mol. The van der Waals surface area contributed by atoms with Gasteiger partial charge in [-0.15, -0.1) is 12.4 Å². The summed E-state index contributed by atoms with van der Waals surface area (Å²) in [6, 6.07) is 3.56. The van der Waals surface area contributed by atoms with E-state index >= 15 is 0 Å². The van der Waals surface area contributed by atoms with Crippen LogP contribution in [0.25, 0.3) is 10.9 Å². The molecular weight excluding hydrogens is 358 g/mol. The molecule has 24 heavy (non-hydrogen) atoms. The number of hydrogen-bond donors (Lipinski definition) is 3. The lowest BCUT2D eigenvalue weighted by atomic mass is 10.2. The Hall–Kier alpha value is -1.88. The summed E-state index contributed by atoms with van der Waals surface area (Å²) in [6.45, 7) is 0.759. The molecule has 0 aliphatic rings. The Balaban J connectivity index is 0.00000288. The minimum atomic E-state index is -3.65. The molecule has 1 heterocycles. The molecule has 9 nitrogen and oxygen atoms in total. The Morgan fingerprint density at radius 1 is 1.12 bits per heavy atom. The largest absolute Gasteiger partial charge is 0.493 e. The number of nitrogens with two attached hydrogens (primary N) is 1. The van der Waals surface area contributed by atoms with Crippen molar-refractivity contribution in [3.63, 3.8) is 0 Å². The number of benzene rings is 1. The fraction of sp³-hybridized carbons (Fsp3) is 0.385. The van der Waals surface area contributed by atoms with Gasteiger partial charge in [0.1, 0.15) is 12.1 Å². The highest BCUT2D eigenvalue weighted by Crippen LogP contribution is 2.33. The Morgan fingerprint density at radius 3 is 2.42 bits per heavy atom. The number of halogens is 1. The van der Waals surface area contributed by atoms with Crippen LogP contribution in [0.15, 0.2) is 18.5 Å². The van der Waals surface area contributed by atoms with Crippen molar-refractivity contribution in [1.82, 2.24) is 14.7 Å². The highest BCUT2D eigenvalue weighted by Gasteiger charge is 2.10. The summed E-state index contributed by atoms with van der Waals surface area (Å²) < 4.78 is 34.3. The van der Waals surface area contributed by atoms with Gasteiger partial charge in [-0.05, 0) is 12.5 Å². The summed E-state index contributed by atoms with van der Waals surface area (Å²) in [5, 5.41) is 8.78. The summed E-state index contributed by atoms with van der Waals surface area (Å²) in [5.41, 5.74) is 0.711. The van der Waals surface area contributed by atoms with Gasteiger partial charge in [-0.2, -0.15) is 8.42 Å². The molecule has 0 atom stereocenters. The quantitative estimate of drug-likeness (QED) is 0.576. The summed E-state index contributed by atoms with van der Waals surface area (Å²) in [7, 11) is -0.541. The third-order valence-electron chi connectivity index (χ3n) is 3.09. The van der Waals surface area contributed by atoms with Crippen molar-refractivity contribution in [2.75, 3.05) is 32.6 Å². The van der Waals surface area contributed by atoms with E-state index in [1.807, 2.05) is 0 Å². The van der Waals surface area contributed by atoms with Crippen LogP contribution in [0.1, 0.15) is 6.42 Å². The van der Waals surface area contributed by atoms with Crippen LogP contribution >= 0.6 is 12.4 Å². The molecule has 0 fully saturated rings. The highest BCUT2D eigenvalue weighted by atomic mass is 35.5. The van der Waals surface area contributed by atoms with Gasteiger partial charge in [0.15, 0.2) is 11.5 Å². The van der Waals surface area contributed by atoms with E-state index in [2.05, 4.69) is 20.0 Å². The molecular formula is C13H20ClN5O4S. The van der Waals surface area contributed by atoms with Crippen molar-refractivity contribution in [2.24, 2.45) is 5.14 Å². The number of anilines is 1. The lowest BCUT2D eigenvalue weighted by molar-refractivity contribution is 0.356.